The molecule has 1 aromatic carbocycles. The van der Waals surface area contributed by atoms with Crippen molar-refractivity contribution in [3.8, 4) is 0 Å². The number of hydrogen-bond acceptors (Lipinski definition) is 5. The summed E-state index contributed by atoms with van der Waals surface area (Å²) in [6.07, 6.45) is 0. The van der Waals surface area contributed by atoms with Gasteiger partial charge in [0.2, 0.25) is 0 Å². The van der Waals surface area contributed by atoms with Gasteiger partial charge < -0.3 is 10.1 Å². The largest absolute Gasteiger partial charge is 0.379 e. The van der Waals surface area contributed by atoms with Crippen LogP contribution in [0, 0.1) is 5.82 Å². The van der Waals surface area contributed by atoms with E-state index in [1.54, 1.807) is 12.1 Å². The fraction of sp³-hybridized carbons (Fsp3) is 0.353. The maximum Gasteiger partial charge on any atom is 0.271 e. The minimum atomic E-state index is -0.378. The van der Waals surface area contributed by atoms with Crippen LogP contribution >= 0.6 is 0 Å². The zero-order valence-corrected chi connectivity index (χ0v) is 13.6. The topological polar surface area (TPSA) is 87.3 Å². The molecule has 1 aliphatic heterocycles. The number of benzene rings is 1. The first-order valence-electron chi connectivity index (χ1n) is 8.04. The summed E-state index contributed by atoms with van der Waals surface area (Å²) in [5, 5.41) is 8.78. The van der Waals surface area contributed by atoms with Gasteiger partial charge in [-0.25, -0.2) is 9.49 Å². The summed E-state index contributed by atoms with van der Waals surface area (Å²) in [4.78, 5) is 25.5. The number of carbonyl (C=O) groups is 1. The first-order valence-corrected chi connectivity index (χ1v) is 8.04. The van der Waals surface area contributed by atoms with Crippen molar-refractivity contribution in [2.24, 2.45) is 0 Å². The van der Waals surface area contributed by atoms with Crippen LogP contribution in [0.4, 0.5) is 4.39 Å². The molecule has 1 saturated heterocycles. The van der Waals surface area contributed by atoms with Crippen molar-refractivity contribution in [3.63, 3.8) is 0 Å². The number of aromatic amines is 1. The first-order chi connectivity index (χ1) is 12.1. The van der Waals surface area contributed by atoms with Gasteiger partial charge in [0, 0.05) is 25.7 Å². The molecule has 1 aromatic heterocycles. The second-order valence-electron chi connectivity index (χ2n) is 5.73. The summed E-state index contributed by atoms with van der Waals surface area (Å²) in [6, 6.07) is 8.79. The molecule has 1 aliphatic rings. The molecule has 0 bridgehead atoms. The highest BCUT2D eigenvalue weighted by molar-refractivity contribution is 5.91. The maximum absolute atomic E-state index is 13.2. The molecule has 25 heavy (non-hydrogen) atoms. The number of hydrogen-bond donors (Lipinski definition) is 2. The lowest BCUT2D eigenvalue weighted by Gasteiger charge is -2.34. The number of nitrogens with one attached hydrogen (secondary N) is 2. The Morgan fingerprint density at radius 3 is 2.60 bits per heavy atom. The highest BCUT2D eigenvalue weighted by Crippen LogP contribution is 2.21. The van der Waals surface area contributed by atoms with Crippen LogP contribution in [0.25, 0.3) is 0 Å². The number of aromatic nitrogens is 2. The summed E-state index contributed by atoms with van der Waals surface area (Å²) in [5.74, 6) is -0.678. The van der Waals surface area contributed by atoms with Crippen molar-refractivity contribution in [3.05, 3.63) is 63.8 Å². The van der Waals surface area contributed by atoms with Crippen molar-refractivity contribution in [1.82, 2.24) is 20.4 Å². The predicted molar refractivity (Wildman–Crippen MR) is 88.7 cm³/mol. The summed E-state index contributed by atoms with van der Waals surface area (Å²) >= 11 is 0. The average molecular weight is 346 g/mol. The van der Waals surface area contributed by atoms with Crippen molar-refractivity contribution in [2.45, 2.75) is 6.04 Å². The van der Waals surface area contributed by atoms with E-state index in [4.69, 9.17) is 4.74 Å². The van der Waals surface area contributed by atoms with Crippen molar-refractivity contribution < 1.29 is 13.9 Å². The molecule has 1 amide bonds. The van der Waals surface area contributed by atoms with E-state index < -0.39 is 0 Å². The zero-order valence-electron chi connectivity index (χ0n) is 13.6. The first kappa shape index (κ1) is 17.2. The van der Waals surface area contributed by atoms with Gasteiger partial charge in [-0.05, 0) is 23.8 Å². The number of ether oxygens (including phenoxy) is 1. The highest BCUT2D eigenvalue weighted by Gasteiger charge is 2.23. The van der Waals surface area contributed by atoms with Crippen LogP contribution in [-0.4, -0.2) is 53.9 Å². The Morgan fingerprint density at radius 1 is 1.24 bits per heavy atom. The fourth-order valence-electron chi connectivity index (χ4n) is 2.78. The summed E-state index contributed by atoms with van der Waals surface area (Å²) in [7, 11) is 0. The van der Waals surface area contributed by atoms with Gasteiger partial charge >= 0.3 is 0 Å². The van der Waals surface area contributed by atoms with E-state index in [9.17, 15) is 14.0 Å². The molecule has 2 aromatic rings. The van der Waals surface area contributed by atoms with Crippen LogP contribution in [0.2, 0.25) is 0 Å². The van der Waals surface area contributed by atoms with Crippen LogP contribution < -0.4 is 10.9 Å². The third-order valence-electron chi connectivity index (χ3n) is 4.11. The molecule has 0 spiro atoms. The zero-order chi connectivity index (χ0) is 17.6. The lowest BCUT2D eigenvalue weighted by molar-refractivity contribution is 0.0162. The number of morpholine rings is 1. The Bertz CT molecular complexity index is 752. The van der Waals surface area contributed by atoms with Gasteiger partial charge in [0.05, 0.1) is 19.3 Å². The highest BCUT2D eigenvalue weighted by atomic mass is 19.1. The summed E-state index contributed by atoms with van der Waals surface area (Å²) in [6.45, 7) is 3.04. The second kappa shape index (κ2) is 8.00. The number of rotatable bonds is 5. The van der Waals surface area contributed by atoms with Crippen LogP contribution in [-0.2, 0) is 4.74 Å². The Morgan fingerprint density at radius 2 is 1.96 bits per heavy atom. The van der Waals surface area contributed by atoms with Crippen LogP contribution in [0.1, 0.15) is 22.1 Å². The molecule has 132 valence electrons. The molecule has 2 heterocycles. The monoisotopic (exact) mass is 346 g/mol. The van der Waals surface area contributed by atoms with E-state index in [2.05, 4.69) is 20.4 Å². The van der Waals surface area contributed by atoms with E-state index in [1.807, 2.05) is 0 Å². The van der Waals surface area contributed by atoms with Gasteiger partial charge in [0.15, 0.2) is 0 Å². The molecule has 0 aliphatic carbocycles. The van der Waals surface area contributed by atoms with E-state index in [-0.39, 0.29) is 29.0 Å². The van der Waals surface area contributed by atoms with Crippen molar-refractivity contribution in [2.75, 3.05) is 32.8 Å². The van der Waals surface area contributed by atoms with Crippen LogP contribution in [0.3, 0.4) is 0 Å². The van der Waals surface area contributed by atoms with E-state index >= 15 is 0 Å². The molecule has 8 heteroatoms. The van der Waals surface area contributed by atoms with Gasteiger partial charge in [0.25, 0.3) is 11.5 Å². The second-order valence-corrected chi connectivity index (χ2v) is 5.73. The van der Waals surface area contributed by atoms with Gasteiger partial charge in [-0.1, -0.05) is 12.1 Å². The maximum atomic E-state index is 13.2. The molecule has 0 radical (unpaired) electrons. The molecule has 0 saturated carbocycles. The SMILES string of the molecule is O=C(NC[C@H](c1ccc(F)cc1)N1CCOCC1)c1ccc(=O)[nH]n1. The smallest absolute Gasteiger partial charge is 0.271 e. The van der Waals surface area contributed by atoms with E-state index in [1.165, 1.54) is 24.3 Å². The average Bonchev–Trinajstić information content (AvgIpc) is 2.64. The molecule has 0 unspecified atom stereocenters. The molecule has 1 fully saturated rings. The van der Waals surface area contributed by atoms with Gasteiger partial charge in [-0.2, -0.15) is 5.10 Å². The molecule has 3 rings (SSSR count). The summed E-state index contributed by atoms with van der Waals surface area (Å²) in [5.41, 5.74) is 0.687. The predicted octanol–water partition coefficient (Wildman–Crippen LogP) is 0.712. The Hall–Kier alpha value is -2.58. The molecule has 1 atom stereocenters. The number of H-pyrrole nitrogens is 1. The van der Waals surface area contributed by atoms with E-state index in [0.29, 0.717) is 19.8 Å². The van der Waals surface area contributed by atoms with Crippen LogP contribution in [0.5, 0.6) is 0 Å². The normalized spacial score (nSPS) is 16.4. The van der Waals surface area contributed by atoms with Gasteiger partial charge in [-0.3, -0.25) is 14.5 Å². The number of carbonyl (C=O) groups excluding carboxylic acids is 1. The third kappa shape index (κ3) is 4.49. The standard InChI is InChI=1S/C17H19FN4O3/c18-13-3-1-12(2-4-13)15(22-7-9-25-10-8-22)11-19-17(24)14-5-6-16(23)21-20-14/h1-6,15H,7-11H2,(H,19,24)(H,21,23)/t15-/m1/s1. The van der Waals surface area contributed by atoms with Gasteiger partial charge in [0.1, 0.15) is 11.5 Å². The number of nitrogens with zero attached hydrogens (tertiary/aromatic N) is 2. The minimum Gasteiger partial charge on any atom is -0.379 e. The fourth-order valence-corrected chi connectivity index (χ4v) is 2.78. The van der Waals surface area contributed by atoms with Crippen molar-refractivity contribution in [1.29, 1.82) is 0 Å². The van der Waals surface area contributed by atoms with Gasteiger partial charge in [-0.15, -0.1) is 0 Å². The Balaban J connectivity index is 1.72. The quantitative estimate of drug-likeness (QED) is 0.833. The Labute approximate surface area is 143 Å². The third-order valence-corrected chi connectivity index (χ3v) is 4.11. The number of amides is 1. The number of halogens is 1. The molecule has 2 N–H and O–H groups in total. The minimum absolute atomic E-state index is 0.101. The lowest BCUT2D eigenvalue weighted by atomic mass is 10.0. The molecular weight excluding hydrogens is 327 g/mol. The molecular formula is C17H19FN4O3. The molecule has 7 nitrogen and oxygen atoms in total. The van der Waals surface area contributed by atoms with E-state index in [0.717, 1.165) is 18.7 Å². The summed E-state index contributed by atoms with van der Waals surface area (Å²) < 4.78 is 18.6. The van der Waals surface area contributed by atoms with Crippen LogP contribution in [0.15, 0.2) is 41.2 Å². The lowest BCUT2D eigenvalue weighted by Crippen LogP contribution is -2.44. The Kier molecular flexibility index (Phi) is 5.52. The van der Waals surface area contributed by atoms with Crippen molar-refractivity contribution >= 4 is 5.91 Å².